The Morgan fingerprint density at radius 3 is 2.73 bits per heavy atom. The van der Waals surface area contributed by atoms with Crippen molar-refractivity contribution in [2.24, 2.45) is 0 Å². The molecule has 2 amide bonds. The predicted molar refractivity (Wildman–Crippen MR) is 127 cm³/mol. The first kappa shape index (κ1) is 24.1. The van der Waals surface area contributed by atoms with Crippen LogP contribution in [0.1, 0.15) is 35.7 Å². The van der Waals surface area contributed by atoms with E-state index in [-0.39, 0.29) is 12.5 Å². The smallest absolute Gasteiger partial charge is 0.420 e. The zero-order valence-electron chi connectivity index (χ0n) is 19.2. The van der Waals surface area contributed by atoms with E-state index in [9.17, 15) is 14.4 Å². The second kappa shape index (κ2) is 11.3. The molecular formula is C24H30N4O5. The van der Waals surface area contributed by atoms with Gasteiger partial charge in [0.15, 0.2) is 5.58 Å². The molecule has 3 rings (SSSR count). The number of rotatable bonds is 10. The van der Waals surface area contributed by atoms with Crippen LogP contribution in [-0.4, -0.2) is 55.3 Å². The highest BCUT2D eigenvalue weighted by molar-refractivity contribution is 5.97. The van der Waals surface area contributed by atoms with E-state index in [4.69, 9.17) is 9.15 Å². The van der Waals surface area contributed by atoms with Crippen LogP contribution in [-0.2, 0) is 11.3 Å². The van der Waals surface area contributed by atoms with E-state index in [1.165, 1.54) is 4.57 Å². The molecule has 0 radical (unpaired) electrons. The minimum atomic E-state index is -0.528. The highest BCUT2D eigenvalue weighted by Gasteiger charge is 2.14. The van der Waals surface area contributed by atoms with Gasteiger partial charge < -0.3 is 19.4 Å². The van der Waals surface area contributed by atoms with Gasteiger partial charge in [-0.2, -0.15) is 0 Å². The number of oxazole rings is 1. The first-order chi connectivity index (χ1) is 15.9. The number of nitrogens with one attached hydrogen (secondary N) is 2. The minimum Gasteiger partial charge on any atom is -0.449 e. The second-order valence-corrected chi connectivity index (χ2v) is 8.01. The number of carbonyl (C=O) groups excluding carboxylic acids is 2. The summed E-state index contributed by atoms with van der Waals surface area (Å²) >= 11 is 0. The van der Waals surface area contributed by atoms with Crippen LogP contribution < -0.4 is 16.4 Å². The van der Waals surface area contributed by atoms with Crippen molar-refractivity contribution in [2.75, 3.05) is 39.1 Å². The molecule has 0 unspecified atom stereocenters. The highest BCUT2D eigenvalue weighted by Crippen LogP contribution is 2.18. The normalized spacial score (nSPS) is 11.0. The van der Waals surface area contributed by atoms with Crippen molar-refractivity contribution in [3.63, 3.8) is 0 Å². The summed E-state index contributed by atoms with van der Waals surface area (Å²) in [4.78, 5) is 38.8. The molecule has 33 heavy (non-hydrogen) atoms. The van der Waals surface area contributed by atoms with Crippen molar-refractivity contribution in [1.29, 1.82) is 0 Å². The SMILES string of the molecule is CCCNC(=O)c1ccc2oc(=O)n(Cc3cccc(NC(=O)OCCCN(C)C)c3)c2c1. The summed E-state index contributed by atoms with van der Waals surface area (Å²) in [6.07, 6.45) is 1.05. The standard InChI is InChI=1S/C24H30N4O5/c1-4-11-25-22(29)18-9-10-21-20(15-18)28(24(31)33-21)16-17-7-5-8-19(14-17)26-23(30)32-13-6-12-27(2)3/h5,7-10,14-15H,4,6,11-13,16H2,1-3H3,(H,25,29)(H,26,30). The van der Waals surface area contributed by atoms with Crippen molar-refractivity contribution in [2.45, 2.75) is 26.3 Å². The molecule has 0 saturated heterocycles. The van der Waals surface area contributed by atoms with Gasteiger partial charge >= 0.3 is 11.8 Å². The number of amides is 2. The molecule has 0 aliphatic rings. The number of ether oxygens (including phenoxy) is 1. The van der Waals surface area contributed by atoms with Gasteiger partial charge in [0.2, 0.25) is 0 Å². The topological polar surface area (TPSA) is 106 Å². The van der Waals surface area contributed by atoms with Crippen LogP contribution in [0.15, 0.2) is 51.7 Å². The molecule has 0 spiro atoms. The lowest BCUT2D eigenvalue weighted by molar-refractivity contribution is 0.0953. The molecule has 2 aromatic carbocycles. The summed E-state index contributed by atoms with van der Waals surface area (Å²) in [5, 5.41) is 5.53. The zero-order valence-corrected chi connectivity index (χ0v) is 19.2. The Hall–Kier alpha value is -3.59. The Labute approximate surface area is 192 Å². The van der Waals surface area contributed by atoms with Gasteiger partial charge in [0, 0.05) is 24.3 Å². The number of benzene rings is 2. The van der Waals surface area contributed by atoms with Crippen LogP contribution in [0.5, 0.6) is 0 Å². The fourth-order valence-electron chi connectivity index (χ4n) is 3.32. The third-order valence-electron chi connectivity index (χ3n) is 4.96. The van der Waals surface area contributed by atoms with Crippen LogP contribution in [0.3, 0.4) is 0 Å². The maximum atomic E-state index is 12.5. The van der Waals surface area contributed by atoms with Gasteiger partial charge in [-0.15, -0.1) is 0 Å². The van der Waals surface area contributed by atoms with Gasteiger partial charge in [-0.25, -0.2) is 9.59 Å². The highest BCUT2D eigenvalue weighted by atomic mass is 16.5. The number of nitrogens with zero attached hydrogens (tertiary/aromatic N) is 2. The number of fused-ring (bicyclic) bond motifs is 1. The van der Waals surface area contributed by atoms with Gasteiger partial charge in [0.05, 0.1) is 18.7 Å². The zero-order chi connectivity index (χ0) is 23.8. The minimum absolute atomic E-state index is 0.200. The van der Waals surface area contributed by atoms with E-state index in [1.54, 1.807) is 36.4 Å². The van der Waals surface area contributed by atoms with Crippen LogP contribution >= 0.6 is 0 Å². The number of carbonyl (C=O) groups is 2. The molecular weight excluding hydrogens is 424 g/mol. The van der Waals surface area contributed by atoms with E-state index < -0.39 is 11.8 Å². The van der Waals surface area contributed by atoms with E-state index in [2.05, 4.69) is 10.6 Å². The Balaban J connectivity index is 1.72. The number of anilines is 1. The summed E-state index contributed by atoms with van der Waals surface area (Å²) in [5.41, 5.74) is 2.74. The molecule has 0 atom stereocenters. The lowest BCUT2D eigenvalue weighted by atomic mass is 10.1. The lowest BCUT2D eigenvalue weighted by Crippen LogP contribution is -2.24. The number of hydrogen-bond donors (Lipinski definition) is 2. The fourth-order valence-corrected chi connectivity index (χ4v) is 3.32. The summed E-state index contributed by atoms with van der Waals surface area (Å²) in [5.74, 6) is -0.718. The molecule has 176 valence electrons. The maximum Gasteiger partial charge on any atom is 0.420 e. The fraction of sp³-hybridized carbons (Fsp3) is 0.375. The molecule has 2 N–H and O–H groups in total. The van der Waals surface area contributed by atoms with Crippen LogP contribution in [0.2, 0.25) is 0 Å². The largest absolute Gasteiger partial charge is 0.449 e. The number of aromatic nitrogens is 1. The second-order valence-electron chi connectivity index (χ2n) is 8.01. The Morgan fingerprint density at radius 1 is 1.15 bits per heavy atom. The summed E-state index contributed by atoms with van der Waals surface area (Å²) in [6.45, 7) is 3.93. The van der Waals surface area contributed by atoms with Gasteiger partial charge in [-0.1, -0.05) is 19.1 Å². The summed E-state index contributed by atoms with van der Waals surface area (Å²) < 4.78 is 12.0. The molecule has 0 aliphatic carbocycles. The van der Waals surface area contributed by atoms with E-state index >= 15 is 0 Å². The van der Waals surface area contributed by atoms with Crippen molar-refractivity contribution in [3.8, 4) is 0 Å². The molecule has 0 saturated carbocycles. The average molecular weight is 455 g/mol. The molecule has 9 nitrogen and oxygen atoms in total. The van der Waals surface area contributed by atoms with Gasteiger partial charge in [-0.05, 0) is 62.8 Å². The molecule has 9 heteroatoms. The van der Waals surface area contributed by atoms with E-state index in [0.29, 0.717) is 35.5 Å². The van der Waals surface area contributed by atoms with E-state index in [1.807, 2.05) is 32.0 Å². The van der Waals surface area contributed by atoms with Crippen molar-refractivity contribution < 1.29 is 18.7 Å². The van der Waals surface area contributed by atoms with Crippen LogP contribution in [0.4, 0.5) is 10.5 Å². The summed E-state index contributed by atoms with van der Waals surface area (Å²) in [6, 6.07) is 12.1. The van der Waals surface area contributed by atoms with Gasteiger partial charge in [0.25, 0.3) is 5.91 Å². The summed E-state index contributed by atoms with van der Waals surface area (Å²) in [7, 11) is 3.92. The average Bonchev–Trinajstić information content (AvgIpc) is 3.09. The van der Waals surface area contributed by atoms with Gasteiger partial charge in [0.1, 0.15) is 0 Å². The third kappa shape index (κ3) is 6.69. The monoisotopic (exact) mass is 454 g/mol. The molecule has 0 bridgehead atoms. The molecule has 3 aromatic rings. The Kier molecular flexibility index (Phi) is 8.26. The lowest BCUT2D eigenvalue weighted by Gasteiger charge is -2.11. The number of hydrogen-bond acceptors (Lipinski definition) is 6. The quantitative estimate of drug-likeness (QED) is 0.456. The Morgan fingerprint density at radius 2 is 1.97 bits per heavy atom. The Bertz CT molecular complexity index is 1170. The third-order valence-corrected chi connectivity index (χ3v) is 4.96. The molecule has 0 aliphatic heterocycles. The molecule has 1 heterocycles. The first-order valence-electron chi connectivity index (χ1n) is 11.0. The van der Waals surface area contributed by atoms with Crippen molar-refractivity contribution in [1.82, 2.24) is 14.8 Å². The first-order valence-corrected chi connectivity index (χ1v) is 11.0. The maximum absolute atomic E-state index is 12.5. The molecule has 1 aromatic heterocycles. The van der Waals surface area contributed by atoms with Crippen molar-refractivity contribution in [3.05, 3.63) is 64.1 Å². The van der Waals surface area contributed by atoms with Crippen molar-refractivity contribution >= 4 is 28.8 Å². The molecule has 0 fully saturated rings. The van der Waals surface area contributed by atoms with Crippen LogP contribution in [0.25, 0.3) is 11.1 Å². The van der Waals surface area contributed by atoms with E-state index in [0.717, 1.165) is 24.9 Å². The van der Waals surface area contributed by atoms with Crippen LogP contribution in [0, 0.1) is 0 Å². The predicted octanol–water partition coefficient (Wildman–Crippen LogP) is 3.28. The van der Waals surface area contributed by atoms with Gasteiger partial charge in [-0.3, -0.25) is 14.7 Å².